The number of aryl methyl sites for hydroxylation is 1. The summed E-state index contributed by atoms with van der Waals surface area (Å²) in [5.41, 5.74) is 2.42. The highest BCUT2D eigenvalue weighted by Crippen LogP contribution is 2.25. The second kappa shape index (κ2) is 3.46. The zero-order valence-corrected chi connectivity index (χ0v) is 8.82. The van der Waals surface area contributed by atoms with E-state index in [9.17, 15) is 0 Å². The van der Waals surface area contributed by atoms with Crippen molar-refractivity contribution in [1.82, 2.24) is 5.06 Å². The molecule has 0 saturated carbocycles. The number of hydrogen-bond donors (Lipinski definition) is 0. The van der Waals surface area contributed by atoms with Crippen LogP contribution in [0.5, 0.6) is 0 Å². The van der Waals surface area contributed by atoms with E-state index in [0.29, 0.717) is 6.04 Å². The van der Waals surface area contributed by atoms with E-state index in [0.717, 1.165) is 11.3 Å². The summed E-state index contributed by atoms with van der Waals surface area (Å²) in [4.78, 5) is 5.59. The third-order valence-electron chi connectivity index (χ3n) is 2.54. The predicted octanol–water partition coefficient (Wildman–Crippen LogP) is 2.60. The first kappa shape index (κ1) is 9.28. The Morgan fingerprint density at radius 1 is 1.21 bits per heavy atom. The van der Waals surface area contributed by atoms with Crippen molar-refractivity contribution in [2.45, 2.75) is 19.9 Å². The van der Waals surface area contributed by atoms with Gasteiger partial charge in [0.1, 0.15) is 0 Å². The molecule has 0 amide bonds. The Morgan fingerprint density at radius 3 is 2.36 bits per heavy atom. The summed E-state index contributed by atoms with van der Waals surface area (Å²) in [5, 5.41) is 1.86. The second-order valence-electron chi connectivity index (χ2n) is 3.78. The Labute approximate surface area is 84.8 Å². The maximum Gasteiger partial charge on any atom is 0.152 e. The predicted molar refractivity (Wildman–Crippen MR) is 57.5 cm³/mol. The van der Waals surface area contributed by atoms with Gasteiger partial charge in [-0.2, -0.15) is 0 Å². The van der Waals surface area contributed by atoms with Gasteiger partial charge in [0.2, 0.25) is 0 Å². The molecule has 0 radical (unpaired) electrons. The van der Waals surface area contributed by atoms with Crippen LogP contribution >= 0.6 is 0 Å². The number of hydrogen-bond acceptors (Lipinski definition) is 2. The van der Waals surface area contributed by atoms with Crippen molar-refractivity contribution >= 4 is 5.76 Å². The first-order valence-corrected chi connectivity index (χ1v) is 4.86. The SMILES string of the molecule is Cc1ccc(C2=CC(C)N(C)O2)cc1. The molecule has 2 rings (SSSR count). The summed E-state index contributed by atoms with van der Waals surface area (Å²) in [7, 11) is 1.95. The van der Waals surface area contributed by atoms with Crippen LogP contribution in [0.15, 0.2) is 30.3 Å². The van der Waals surface area contributed by atoms with Gasteiger partial charge in [0, 0.05) is 12.6 Å². The summed E-state index contributed by atoms with van der Waals surface area (Å²) in [6.07, 6.45) is 2.13. The van der Waals surface area contributed by atoms with Crippen LogP contribution in [0.3, 0.4) is 0 Å². The van der Waals surface area contributed by atoms with Crippen LogP contribution in [0.4, 0.5) is 0 Å². The van der Waals surface area contributed by atoms with Crippen LogP contribution in [0.25, 0.3) is 5.76 Å². The van der Waals surface area contributed by atoms with Gasteiger partial charge in [0.05, 0.1) is 6.04 Å². The van der Waals surface area contributed by atoms with Crippen molar-refractivity contribution in [3.63, 3.8) is 0 Å². The largest absolute Gasteiger partial charge is 0.405 e. The summed E-state index contributed by atoms with van der Waals surface area (Å²) in [5.74, 6) is 0.958. The highest BCUT2D eigenvalue weighted by molar-refractivity contribution is 5.61. The van der Waals surface area contributed by atoms with Crippen molar-refractivity contribution in [1.29, 1.82) is 0 Å². The molecule has 0 fully saturated rings. The molecule has 0 aliphatic carbocycles. The normalized spacial score (nSPS) is 21.9. The van der Waals surface area contributed by atoms with Gasteiger partial charge in [-0.15, -0.1) is 5.06 Å². The molecule has 1 aliphatic rings. The topological polar surface area (TPSA) is 12.5 Å². The molecule has 1 heterocycles. The van der Waals surface area contributed by atoms with Gasteiger partial charge >= 0.3 is 0 Å². The van der Waals surface area contributed by atoms with E-state index in [4.69, 9.17) is 4.84 Å². The van der Waals surface area contributed by atoms with Crippen molar-refractivity contribution in [3.8, 4) is 0 Å². The third kappa shape index (κ3) is 1.66. The lowest BCUT2D eigenvalue weighted by Gasteiger charge is -2.14. The van der Waals surface area contributed by atoms with Gasteiger partial charge in [-0.1, -0.05) is 29.8 Å². The fraction of sp³-hybridized carbons (Fsp3) is 0.333. The molecule has 0 aromatic heterocycles. The molecule has 0 bridgehead atoms. The molecule has 1 aromatic carbocycles. The van der Waals surface area contributed by atoms with Crippen LogP contribution in [0.1, 0.15) is 18.1 Å². The maximum atomic E-state index is 5.59. The van der Waals surface area contributed by atoms with Crippen LogP contribution in [-0.4, -0.2) is 18.2 Å². The fourth-order valence-electron chi connectivity index (χ4n) is 1.46. The van der Waals surface area contributed by atoms with Crippen LogP contribution in [0.2, 0.25) is 0 Å². The molecule has 0 saturated heterocycles. The minimum Gasteiger partial charge on any atom is -0.405 e. The lowest BCUT2D eigenvalue weighted by atomic mass is 10.1. The van der Waals surface area contributed by atoms with E-state index in [1.165, 1.54) is 5.56 Å². The van der Waals surface area contributed by atoms with Gasteiger partial charge in [-0.25, -0.2) is 0 Å². The highest BCUT2D eigenvalue weighted by Gasteiger charge is 2.19. The molecule has 0 N–H and O–H groups in total. The Kier molecular flexibility index (Phi) is 2.30. The molecule has 14 heavy (non-hydrogen) atoms. The van der Waals surface area contributed by atoms with Crippen molar-refractivity contribution in [2.24, 2.45) is 0 Å². The Morgan fingerprint density at radius 2 is 1.86 bits per heavy atom. The van der Waals surface area contributed by atoms with Gasteiger partial charge in [0.25, 0.3) is 0 Å². The molecular formula is C12H15NO. The van der Waals surface area contributed by atoms with E-state index in [-0.39, 0.29) is 0 Å². The summed E-state index contributed by atoms with van der Waals surface area (Å²) in [6.45, 7) is 4.20. The zero-order valence-electron chi connectivity index (χ0n) is 8.82. The third-order valence-corrected chi connectivity index (χ3v) is 2.54. The molecule has 0 spiro atoms. The molecule has 2 heteroatoms. The molecule has 74 valence electrons. The molecular weight excluding hydrogens is 174 g/mol. The van der Waals surface area contributed by atoms with Crippen molar-refractivity contribution < 1.29 is 4.84 Å². The molecule has 1 unspecified atom stereocenters. The number of benzene rings is 1. The molecule has 2 nitrogen and oxygen atoms in total. The van der Waals surface area contributed by atoms with Gasteiger partial charge < -0.3 is 4.84 Å². The van der Waals surface area contributed by atoms with Crippen LogP contribution in [0, 0.1) is 6.92 Å². The number of likely N-dealkylation sites (N-methyl/N-ethyl adjacent to an activating group) is 1. The van der Waals surface area contributed by atoms with E-state index in [2.05, 4.69) is 44.2 Å². The second-order valence-corrected chi connectivity index (χ2v) is 3.78. The van der Waals surface area contributed by atoms with Crippen molar-refractivity contribution in [2.75, 3.05) is 7.05 Å². The first-order valence-electron chi connectivity index (χ1n) is 4.86. The van der Waals surface area contributed by atoms with E-state index in [1.807, 2.05) is 12.1 Å². The monoisotopic (exact) mass is 189 g/mol. The Hall–Kier alpha value is -1.28. The van der Waals surface area contributed by atoms with Gasteiger partial charge in [-0.3, -0.25) is 0 Å². The standard InChI is InChI=1S/C12H15NO/c1-9-4-6-11(7-5-9)12-8-10(2)13(3)14-12/h4-8,10H,1-3H3. The minimum absolute atomic E-state index is 0.353. The average Bonchev–Trinajstić information content (AvgIpc) is 2.48. The Bertz CT molecular complexity index is 353. The van der Waals surface area contributed by atoms with Gasteiger partial charge in [-0.05, 0) is 19.9 Å². The highest BCUT2D eigenvalue weighted by atomic mass is 16.7. The number of rotatable bonds is 1. The Balaban J connectivity index is 2.25. The quantitative estimate of drug-likeness (QED) is 0.673. The van der Waals surface area contributed by atoms with E-state index >= 15 is 0 Å². The van der Waals surface area contributed by atoms with Crippen molar-refractivity contribution in [3.05, 3.63) is 41.5 Å². The smallest absolute Gasteiger partial charge is 0.152 e. The molecule has 1 aliphatic heterocycles. The van der Waals surface area contributed by atoms with E-state index in [1.54, 1.807) is 0 Å². The van der Waals surface area contributed by atoms with E-state index < -0.39 is 0 Å². The lowest BCUT2D eigenvalue weighted by Crippen LogP contribution is -2.20. The molecule has 1 atom stereocenters. The van der Waals surface area contributed by atoms with Crippen LogP contribution in [-0.2, 0) is 4.84 Å². The summed E-state index contributed by atoms with van der Waals surface area (Å²) < 4.78 is 0. The number of nitrogens with zero attached hydrogens (tertiary/aromatic N) is 1. The molecule has 1 aromatic rings. The van der Waals surface area contributed by atoms with Gasteiger partial charge in [0.15, 0.2) is 5.76 Å². The zero-order chi connectivity index (χ0) is 10.1. The number of hydroxylamine groups is 2. The summed E-state index contributed by atoms with van der Waals surface area (Å²) in [6, 6.07) is 8.73. The average molecular weight is 189 g/mol. The lowest BCUT2D eigenvalue weighted by molar-refractivity contribution is -0.0604. The summed E-state index contributed by atoms with van der Waals surface area (Å²) >= 11 is 0. The maximum absolute atomic E-state index is 5.59. The first-order chi connectivity index (χ1) is 6.66. The van der Waals surface area contributed by atoms with Crippen LogP contribution < -0.4 is 0 Å². The fourth-order valence-corrected chi connectivity index (χ4v) is 1.46. The minimum atomic E-state index is 0.353.